The van der Waals surface area contributed by atoms with Crippen LogP contribution in [-0.2, 0) is 4.79 Å². The number of hydrogen-bond acceptors (Lipinski definition) is 5. The molecule has 0 radical (unpaired) electrons. The fourth-order valence-electron chi connectivity index (χ4n) is 2.99. The molecule has 1 aromatic heterocycles. The van der Waals surface area contributed by atoms with E-state index in [-0.39, 0.29) is 0 Å². The first-order valence-corrected chi connectivity index (χ1v) is 8.14. The number of aromatic nitrogens is 2. The third kappa shape index (κ3) is 3.38. The Balaban J connectivity index is 1.83. The zero-order chi connectivity index (χ0) is 19.1. The number of aryl methyl sites for hydroxylation is 1. The molecule has 2 heterocycles. The maximum absolute atomic E-state index is 13.9. The topological polar surface area (TPSA) is 68.5 Å². The maximum atomic E-state index is 13.9. The van der Waals surface area contributed by atoms with Gasteiger partial charge in [-0.05, 0) is 33.6 Å². The summed E-state index contributed by atoms with van der Waals surface area (Å²) in [5, 5.41) is 3.73. The molecule has 0 saturated carbocycles. The zero-order valence-electron chi connectivity index (χ0n) is 14.6. The van der Waals surface area contributed by atoms with Crippen LogP contribution in [0, 0.1) is 24.4 Å². The minimum Gasteiger partial charge on any atom is -0.472 e. The highest BCUT2D eigenvalue weighted by atomic mass is 19.1. The van der Waals surface area contributed by atoms with Gasteiger partial charge in [0.1, 0.15) is 11.9 Å². The van der Waals surface area contributed by atoms with Crippen molar-refractivity contribution in [1.29, 1.82) is 0 Å². The number of rotatable bonds is 4. The third-order valence-electron chi connectivity index (χ3n) is 4.18. The first kappa shape index (κ1) is 18.2. The van der Waals surface area contributed by atoms with Crippen molar-refractivity contribution in [3.05, 3.63) is 41.3 Å². The Morgan fingerprint density at radius 3 is 2.54 bits per heavy atom. The van der Waals surface area contributed by atoms with Crippen molar-refractivity contribution in [2.75, 3.05) is 6.54 Å². The minimum absolute atomic E-state index is 0.309. The lowest BCUT2D eigenvalue weighted by Gasteiger charge is -2.32. The molecular weight excluding hydrogens is 351 g/mol. The minimum atomic E-state index is -1.59. The molecule has 140 valence electrons. The van der Waals surface area contributed by atoms with Gasteiger partial charge in [0.2, 0.25) is 5.89 Å². The Labute approximate surface area is 147 Å². The van der Waals surface area contributed by atoms with E-state index in [2.05, 4.69) is 10.1 Å². The fourth-order valence-corrected chi connectivity index (χ4v) is 2.99. The second-order valence-corrected chi connectivity index (χ2v) is 6.65. The van der Waals surface area contributed by atoms with E-state index in [0.717, 1.165) is 0 Å². The van der Waals surface area contributed by atoms with E-state index in [1.54, 1.807) is 6.92 Å². The number of benzene rings is 1. The fraction of sp³-hybridized carbons (Fsp3) is 0.471. The van der Waals surface area contributed by atoms with Crippen molar-refractivity contribution in [2.45, 2.75) is 45.3 Å². The summed E-state index contributed by atoms with van der Waals surface area (Å²) in [5.41, 5.74) is -1.59. The van der Waals surface area contributed by atoms with Crippen LogP contribution in [-0.4, -0.2) is 33.1 Å². The van der Waals surface area contributed by atoms with Crippen LogP contribution in [0.5, 0.6) is 5.75 Å². The van der Waals surface area contributed by atoms with Crippen molar-refractivity contribution in [2.24, 2.45) is 0 Å². The van der Waals surface area contributed by atoms with Gasteiger partial charge in [-0.2, -0.15) is 4.98 Å². The number of halogens is 3. The van der Waals surface area contributed by atoms with Crippen molar-refractivity contribution >= 4 is 5.91 Å². The molecule has 26 heavy (non-hydrogen) atoms. The van der Waals surface area contributed by atoms with E-state index >= 15 is 0 Å². The van der Waals surface area contributed by atoms with Crippen LogP contribution in [0.3, 0.4) is 0 Å². The molecule has 3 rings (SSSR count). The summed E-state index contributed by atoms with van der Waals surface area (Å²) in [6.07, 6.45) is 1.34. The first-order chi connectivity index (χ1) is 12.2. The molecule has 9 heteroatoms. The summed E-state index contributed by atoms with van der Waals surface area (Å²) >= 11 is 0. The number of carbonyl (C=O) groups is 1. The van der Waals surface area contributed by atoms with Crippen molar-refractivity contribution in [3.8, 4) is 5.75 Å². The molecule has 1 aliphatic rings. The van der Waals surface area contributed by atoms with Crippen LogP contribution in [0.15, 0.2) is 16.7 Å². The molecule has 1 aromatic carbocycles. The first-order valence-electron chi connectivity index (χ1n) is 8.14. The summed E-state index contributed by atoms with van der Waals surface area (Å²) < 4.78 is 51.2. The van der Waals surface area contributed by atoms with E-state index in [1.165, 1.54) is 18.7 Å². The number of ether oxygens (including phenoxy) is 1. The van der Waals surface area contributed by atoms with Crippen LogP contribution >= 0.6 is 0 Å². The standard InChI is InChI=1S/C17H18F3N3O3/c1-9-21-15(26-22-9)13-5-4-6-23(13)16(24)17(2,3)25-14-11(19)7-10(18)8-12(14)20/h7-8,13H,4-6H2,1-3H3/t13-/m0/s1. The van der Waals surface area contributed by atoms with Gasteiger partial charge in [0.25, 0.3) is 5.91 Å². The lowest BCUT2D eigenvalue weighted by Crippen LogP contribution is -2.48. The van der Waals surface area contributed by atoms with Gasteiger partial charge in [0.05, 0.1) is 0 Å². The Bertz CT molecular complexity index is 815. The van der Waals surface area contributed by atoms with Crippen LogP contribution in [0.1, 0.15) is 44.4 Å². The molecule has 2 aromatic rings. The normalized spacial score (nSPS) is 17.6. The van der Waals surface area contributed by atoms with Crippen LogP contribution in [0.25, 0.3) is 0 Å². The molecule has 0 unspecified atom stereocenters. The summed E-state index contributed by atoms with van der Waals surface area (Å²) in [4.78, 5) is 18.6. The van der Waals surface area contributed by atoms with Crippen molar-refractivity contribution in [1.82, 2.24) is 15.0 Å². The predicted octanol–water partition coefficient (Wildman–Crippen LogP) is 3.32. The molecule has 0 N–H and O–H groups in total. The summed E-state index contributed by atoms with van der Waals surface area (Å²) in [5.74, 6) is -4.02. The van der Waals surface area contributed by atoms with Crippen LogP contribution in [0.4, 0.5) is 13.2 Å². The number of carbonyl (C=O) groups excluding carboxylic acids is 1. The molecule has 0 spiro atoms. The van der Waals surface area contributed by atoms with Gasteiger partial charge in [-0.15, -0.1) is 0 Å². The second kappa shape index (κ2) is 6.62. The predicted molar refractivity (Wildman–Crippen MR) is 83.7 cm³/mol. The quantitative estimate of drug-likeness (QED) is 0.827. The van der Waals surface area contributed by atoms with Crippen molar-refractivity contribution in [3.63, 3.8) is 0 Å². The van der Waals surface area contributed by atoms with Crippen LogP contribution in [0.2, 0.25) is 0 Å². The third-order valence-corrected chi connectivity index (χ3v) is 4.18. The lowest BCUT2D eigenvalue weighted by atomic mass is 10.1. The van der Waals surface area contributed by atoms with Gasteiger partial charge < -0.3 is 14.2 Å². The Hall–Kier alpha value is -2.58. The van der Waals surface area contributed by atoms with Gasteiger partial charge in [0.15, 0.2) is 28.8 Å². The lowest BCUT2D eigenvalue weighted by molar-refractivity contribution is -0.147. The van der Waals surface area contributed by atoms with E-state index in [1.807, 2.05) is 0 Å². The molecule has 6 nitrogen and oxygen atoms in total. The highest BCUT2D eigenvalue weighted by Gasteiger charge is 2.42. The maximum Gasteiger partial charge on any atom is 0.266 e. The van der Waals surface area contributed by atoms with Crippen molar-refractivity contribution < 1.29 is 27.2 Å². The monoisotopic (exact) mass is 369 g/mol. The molecule has 1 amide bonds. The zero-order valence-corrected chi connectivity index (χ0v) is 14.6. The number of nitrogens with zero attached hydrogens (tertiary/aromatic N) is 3. The number of amides is 1. The molecule has 1 atom stereocenters. The number of hydrogen-bond donors (Lipinski definition) is 0. The Morgan fingerprint density at radius 2 is 1.96 bits per heavy atom. The Morgan fingerprint density at radius 1 is 1.31 bits per heavy atom. The summed E-state index contributed by atoms with van der Waals surface area (Å²) in [6.45, 7) is 4.88. The smallest absolute Gasteiger partial charge is 0.266 e. The summed E-state index contributed by atoms with van der Waals surface area (Å²) in [6, 6.07) is 0.576. The van der Waals surface area contributed by atoms with E-state index in [4.69, 9.17) is 9.26 Å². The van der Waals surface area contributed by atoms with Gasteiger partial charge in [-0.25, -0.2) is 13.2 Å². The highest BCUT2D eigenvalue weighted by Crippen LogP contribution is 2.34. The largest absolute Gasteiger partial charge is 0.472 e. The molecule has 0 aliphatic carbocycles. The van der Waals surface area contributed by atoms with Gasteiger partial charge in [-0.3, -0.25) is 4.79 Å². The molecule has 1 fully saturated rings. The van der Waals surface area contributed by atoms with E-state index in [0.29, 0.717) is 43.2 Å². The van der Waals surface area contributed by atoms with Gasteiger partial charge in [0, 0.05) is 18.7 Å². The second-order valence-electron chi connectivity index (χ2n) is 6.65. The van der Waals surface area contributed by atoms with E-state index in [9.17, 15) is 18.0 Å². The van der Waals surface area contributed by atoms with Gasteiger partial charge in [-0.1, -0.05) is 5.16 Å². The molecule has 0 bridgehead atoms. The molecular formula is C17H18F3N3O3. The molecule has 1 aliphatic heterocycles. The van der Waals surface area contributed by atoms with Crippen LogP contribution < -0.4 is 4.74 Å². The summed E-state index contributed by atoms with van der Waals surface area (Å²) in [7, 11) is 0. The van der Waals surface area contributed by atoms with E-state index < -0.39 is 40.8 Å². The molecule has 1 saturated heterocycles. The highest BCUT2D eigenvalue weighted by molar-refractivity contribution is 5.85. The SMILES string of the molecule is Cc1noc([C@@H]2CCCN2C(=O)C(C)(C)Oc2c(F)cc(F)cc2F)n1. The Kier molecular flexibility index (Phi) is 4.64. The van der Waals surface area contributed by atoms with Gasteiger partial charge >= 0.3 is 0 Å². The average molecular weight is 369 g/mol. The average Bonchev–Trinajstić information content (AvgIpc) is 3.18. The number of likely N-dealkylation sites (tertiary alicyclic amines) is 1.